The molecule has 1 aromatic rings. The van der Waals surface area contributed by atoms with Crippen molar-refractivity contribution in [1.82, 2.24) is 4.72 Å². The van der Waals surface area contributed by atoms with E-state index in [1.54, 1.807) is 0 Å². The van der Waals surface area contributed by atoms with Gasteiger partial charge < -0.3 is 0 Å². The van der Waals surface area contributed by atoms with Gasteiger partial charge >= 0.3 is 0 Å². The first-order valence-electron chi connectivity index (χ1n) is 5.23. The van der Waals surface area contributed by atoms with Gasteiger partial charge in [-0.05, 0) is 45.3 Å². The monoisotopic (exact) mass is 323 g/mol. The molecule has 0 amide bonds. The van der Waals surface area contributed by atoms with E-state index in [9.17, 15) is 8.42 Å². The zero-order valence-electron chi connectivity index (χ0n) is 8.94. The summed E-state index contributed by atoms with van der Waals surface area (Å²) in [5.74, 6) is 0.616. The van der Waals surface area contributed by atoms with Crippen molar-refractivity contribution in [3.05, 3.63) is 20.8 Å². The van der Waals surface area contributed by atoms with Gasteiger partial charge in [-0.1, -0.05) is 13.3 Å². The predicted molar refractivity (Wildman–Crippen MR) is 70.0 cm³/mol. The average Bonchev–Trinajstić information content (AvgIpc) is 2.82. The third-order valence-electron chi connectivity index (χ3n) is 2.82. The summed E-state index contributed by atoms with van der Waals surface area (Å²) in [6, 6.07) is 2.02. The van der Waals surface area contributed by atoms with Gasteiger partial charge in [0.2, 0.25) is 10.0 Å². The Labute approximate surface area is 108 Å². The fourth-order valence-electron chi connectivity index (χ4n) is 1.74. The van der Waals surface area contributed by atoms with Crippen LogP contribution in [-0.2, 0) is 15.8 Å². The molecule has 0 bridgehead atoms. The molecule has 0 spiro atoms. The van der Waals surface area contributed by atoms with Crippen LogP contribution in [0.25, 0.3) is 0 Å². The number of nitrogens with one attached hydrogen (secondary N) is 1. The van der Waals surface area contributed by atoms with Crippen molar-refractivity contribution >= 4 is 37.3 Å². The van der Waals surface area contributed by atoms with Gasteiger partial charge in [-0.25, -0.2) is 13.1 Å². The molecule has 0 aromatic carbocycles. The minimum absolute atomic E-state index is 0.0734. The Balaban J connectivity index is 1.96. The maximum Gasteiger partial charge on any atom is 0.216 e. The molecule has 1 saturated carbocycles. The van der Waals surface area contributed by atoms with Crippen molar-refractivity contribution in [3.8, 4) is 0 Å². The normalized spacial score (nSPS) is 24.6. The molecule has 0 saturated heterocycles. The van der Waals surface area contributed by atoms with E-state index >= 15 is 0 Å². The summed E-state index contributed by atoms with van der Waals surface area (Å²) in [6.07, 6.45) is 2.04. The zero-order valence-corrected chi connectivity index (χ0v) is 12.2. The first-order valence-corrected chi connectivity index (χ1v) is 8.56. The van der Waals surface area contributed by atoms with E-state index in [2.05, 4.69) is 27.6 Å². The van der Waals surface area contributed by atoms with E-state index in [0.29, 0.717) is 5.92 Å². The lowest BCUT2D eigenvalue weighted by atomic mass is 10.3. The summed E-state index contributed by atoms with van der Waals surface area (Å²) >= 11 is 4.86. The molecule has 0 aliphatic heterocycles. The van der Waals surface area contributed by atoms with Crippen molar-refractivity contribution in [2.75, 3.05) is 0 Å². The molecule has 2 atom stereocenters. The molecule has 16 heavy (non-hydrogen) atoms. The van der Waals surface area contributed by atoms with Crippen LogP contribution >= 0.6 is 27.3 Å². The Morgan fingerprint density at radius 1 is 1.62 bits per heavy atom. The molecule has 3 nitrogen and oxygen atoms in total. The zero-order chi connectivity index (χ0) is 11.8. The standard InChI is InChI=1S/C10H14BrNO2S2/c1-2-7-5-9(7)12-16(13,14)6-8-3-4-15-10(8)11/h3-4,7,9,12H,2,5-6H2,1H3/t7-,9-/m1/s1. The van der Waals surface area contributed by atoms with Crippen LogP contribution in [0.4, 0.5) is 0 Å². The summed E-state index contributed by atoms with van der Waals surface area (Å²) in [7, 11) is -3.18. The Bertz CT molecular complexity index is 469. The van der Waals surface area contributed by atoms with Crippen molar-refractivity contribution in [2.45, 2.75) is 31.6 Å². The number of hydrogen-bond acceptors (Lipinski definition) is 3. The first-order chi connectivity index (χ1) is 7.52. The van der Waals surface area contributed by atoms with Crippen LogP contribution in [0.1, 0.15) is 25.3 Å². The fraction of sp³-hybridized carbons (Fsp3) is 0.600. The highest BCUT2D eigenvalue weighted by Gasteiger charge is 2.38. The number of thiophene rings is 1. The van der Waals surface area contributed by atoms with E-state index in [-0.39, 0.29) is 11.8 Å². The molecule has 2 rings (SSSR count). The highest BCUT2D eigenvalue weighted by molar-refractivity contribution is 9.11. The minimum atomic E-state index is -3.18. The van der Waals surface area contributed by atoms with Crippen LogP contribution in [0, 0.1) is 5.92 Å². The number of sulfonamides is 1. The van der Waals surface area contributed by atoms with E-state index in [0.717, 1.165) is 22.2 Å². The minimum Gasteiger partial charge on any atom is -0.212 e. The maximum absolute atomic E-state index is 11.8. The lowest BCUT2D eigenvalue weighted by Gasteiger charge is -2.05. The number of halogens is 1. The van der Waals surface area contributed by atoms with Gasteiger partial charge in [-0.15, -0.1) is 11.3 Å². The summed E-state index contributed by atoms with van der Waals surface area (Å²) in [5, 5.41) is 1.89. The Hall–Kier alpha value is 0.0900. The largest absolute Gasteiger partial charge is 0.216 e. The van der Waals surface area contributed by atoms with Gasteiger partial charge in [0.05, 0.1) is 9.54 Å². The molecule has 1 aromatic heterocycles. The van der Waals surface area contributed by atoms with Gasteiger partial charge in [-0.2, -0.15) is 0 Å². The Kier molecular flexibility index (Phi) is 3.73. The van der Waals surface area contributed by atoms with Crippen LogP contribution in [0.2, 0.25) is 0 Å². The van der Waals surface area contributed by atoms with Crippen molar-refractivity contribution < 1.29 is 8.42 Å². The van der Waals surface area contributed by atoms with Gasteiger partial charge in [0.1, 0.15) is 0 Å². The molecule has 1 N–H and O–H groups in total. The van der Waals surface area contributed by atoms with E-state index < -0.39 is 10.0 Å². The van der Waals surface area contributed by atoms with Crippen molar-refractivity contribution in [3.63, 3.8) is 0 Å². The smallest absolute Gasteiger partial charge is 0.212 e. The molecule has 90 valence electrons. The molecule has 0 unspecified atom stereocenters. The van der Waals surface area contributed by atoms with Crippen LogP contribution < -0.4 is 4.72 Å². The molecule has 1 aliphatic carbocycles. The second-order valence-corrected chi connectivity index (χ2v) is 8.09. The van der Waals surface area contributed by atoms with Gasteiger partial charge in [0, 0.05) is 6.04 Å². The van der Waals surface area contributed by atoms with Crippen LogP contribution in [0.3, 0.4) is 0 Å². The van der Waals surface area contributed by atoms with E-state index in [1.807, 2.05) is 11.4 Å². The Morgan fingerprint density at radius 2 is 2.38 bits per heavy atom. The van der Waals surface area contributed by atoms with Crippen molar-refractivity contribution in [1.29, 1.82) is 0 Å². The lowest BCUT2D eigenvalue weighted by molar-refractivity contribution is 0.575. The molecule has 0 radical (unpaired) electrons. The first kappa shape index (κ1) is 12.5. The summed E-state index contributed by atoms with van der Waals surface area (Å²) < 4.78 is 27.3. The van der Waals surface area contributed by atoms with E-state index in [4.69, 9.17) is 0 Å². The third kappa shape index (κ3) is 3.06. The van der Waals surface area contributed by atoms with Crippen molar-refractivity contribution in [2.24, 2.45) is 5.92 Å². The molecule has 6 heteroatoms. The fourth-order valence-corrected chi connectivity index (χ4v) is 4.74. The van der Waals surface area contributed by atoms with Crippen LogP contribution in [-0.4, -0.2) is 14.5 Å². The molecule has 1 aliphatic rings. The van der Waals surface area contributed by atoms with Crippen LogP contribution in [0.15, 0.2) is 15.2 Å². The second-order valence-electron chi connectivity index (χ2n) is 4.11. The highest BCUT2D eigenvalue weighted by Crippen LogP contribution is 2.34. The van der Waals surface area contributed by atoms with E-state index in [1.165, 1.54) is 11.3 Å². The average molecular weight is 324 g/mol. The lowest BCUT2D eigenvalue weighted by Crippen LogP contribution is -2.28. The number of rotatable bonds is 5. The van der Waals surface area contributed by atoms with Gasteiger partial charge in [0.25, 0.3) is 0 Å². The third-order valence-corrected chi connectivity index (χ3v) is 5.98. The second kappa shape index (κ2) is 4.76. The topological polar surface area (TPSA) is 46.2 Å². The summed E-state index contributed by atoms with van der Waals surface area (Å²) in [4.78, 5) is 0. The summed E-state index contributed by atoms with van der Waals surface area (Å²) in [6.45, 7) is 2.09. The summed E-state index contributed by atoms with van der Waals surface area (Å²) in [5.41, 5.74) is 0.839. The molecular weight excluding hydrogens is 310 g/mol. The molecular formula is C10H14BrNO2S2. The van der Waals surface area contributed by atoms with Crippen LogP contribution in [0.5, 0.6) is 0 Å². The predicted octanol–water partition coefficient (Wildman–Crippen LogP) is 2.73. The van der Waals surface area contributed by atoms with Gasteiger partial charge in [-0.3, -0.25) is 0 Å². The Morgan fingerprint density at radius 3 is 2.88 bits per heavy atom. The maximum atomic E-state index is 11.8. The van der Waals surface area contributed by atoms with Gasteiger partial charge in [0.15, 0.2) is 0 Å². The molecule has 1 heterocycles. The SMILES string of the molecule is CC[C@@H]1C[C@H]1NS(=O)(=O)Cc1ccsc1Br. The number of hydrogen-bond donors (Lipinski definition) is 1. The highest BCUT2D eigenvalue weighted by atomic mass is 79.9. The quantitative estimate of drug-likeness (QED) is 0.905. The molecule has 1 fully saturated rings.